The fraction of sp³-hybridized carbons (Fsp3) is 0.120. The van der Waals surface area contributed by atoms with Gasteiger partial charge in [-0.05, 0) is 22.8 Å². The molecule has 3 aromatic carbocycles. The molecule has 0 saturated carbocycles. The average Bonchev–Trinajstić information content (AvgIpc) is 3.18. The summed E-state index contributed by atoms with van der Waals surface area (Å²) < 4.78 is 0. The Morgan fingerprint density at radius 2 is 1.41 bits per heavy atom. The van der Waals surface area contributed by atoms with Crippen molar-refractivity contribution in [2.45, 2.75) is 12.1 Å². The first kappa shape index (κ1) is 18.7. The highest BCUT2D eigenvalue weighted by atomic mass is 15.4. The molecule has 29 heavy (non-hydrogen) atoms. The van der Waals surface area contributed by atoms with E-state index in [1.165, 1.54) is 17.3 Å². The predicted octanol–water partition coefficient (Wildman–Crippen LogP) is 5.05. The maximum absolute atomic E-state index is 7.77. The van der Waals surface area contributed by atoms with Gasteiger partial charge in [-0.25, -0.2) is 0 Å². The molecule has 0 radical (unpaired) electrons. The van der Waals surface area contributed by atoms with Gasteiger partial charge in [0.05, 0.1) is 17.8 Å². The van der Waals surface area contributed by atoms with E-state index in [4.69, 9.17) is 5.41 Å². The van der Waals surface area contributed by atoms with E-state index in [1.54, 1.807) is 7.05 Å². The van der Waals surface area contributed by atoms with Crippen LogP contribution in [0.4, 0.5) is 0 Å². The molecule has 0 aromatic heterocycles. The first-order valence-electron chi connectivity index (χ1n) is 9.72. The molecule has 4 nitrogen and oxygen atoms in total. The second kappa shape index (κ2) is 8.57. The number of aliphatic imine (C=N–C) groups is 1. The van der Waals surface area contributed by atoms with Crippen LogP contribution in [0.1, 0.15) is 28.8 Å². The molecule has 2 N–H and O–H groups in total. The molecule has 2 unspecified atom stereocenters. The maximum atomic E-state index is 7.77. The lowest BCUT2D eigenvalue weighted by Gasteiger charge is -2.30. The van der Waals surface area contributed by atoms with E-state index in [0.717, 1.165) is 17.2 Å². The lowest BCUT2D eigenvalue weighted by molar-refractivity contribution is 0.415. The van der Waals surface area contributed by atoms with E-state index in [-0.39, 0.29) is 12.1 Å². The van der Waals surface area contributed by atoms with Crippen LogP contribution in [0.3, 0.4) is 0 Å². The third kappa shape index (κ3) is 3.69. The van der Waals surface area contributed by atoms with Gasteiger partial charge in [-0.15, -0.1) is 0 Å². The second-order valence-electron chi connectivity index (χ2n) is 6.89. The first-order chi connectivity index (χ1) is 14.3. The Kier molecular flexibility index (Phi) is 5.52. The van der Waals surface area contributed by atoms with Gasteiger partial charge in [-0.3, -0.25) is 4.99 Å². The SMILES string of the molecule is C/N=C1/NC(c2ccccc2)C(c2ccccc2)N1/C(=C\C=N)c1ccccc1. The minimum Gasteiger partial charge on any atom is -0.347 e. The molecular formula is C25H24N4. The number of nitrogens with zero attached hydrogens (tertiary/aromatic N) is 2. The third-order valence-corrected chi connectivity index (χ3v) is 5.19. The first-order valence-corrected chi connectivity index (χ1v) is 9.72. The fourth-order valence-electron chi connectivity index (χ4n) is 3.93. The summed E-state index contributed by atoms with van der Waals surface area (Å²) in [5, 5.41) is 11.4. The van der Waals surface area contributed by atoms with E-state index >= 15 is 0 Å². The van der Waals surface area contributed by atoms with Crippen molar-refractivity contribution in [2.75, 3.05) is 7.05 Å². The van der Waals surface area contributed by atoms with Crippen LogP contribution in [-0.4, -0.2) is 24.1 Å². The summed E-state index contributed by atoms with van der Waals surface area (Å²) in [6.45, 7) is 0. The van der Waals surface area contributed by atoms with Gasteiger partial charge in [0, 0.05) is 13.3 Å². The molecule has 1 aliphatic heterocycles. The second-order valence-corrected chi connectivity index (χ2v) is 6.89. The minimum absolute atomic E-state index is 0.00343. The molecule has 0 aliphatic carbocycles. The number of guanidine groups is 1. The van der Waals surface area contributed by atoms with Crippen molar-refractivity contribution < 1.29 is 0 Å². The number of allylic oxidation sites excluding steroid dienone is 1. The van der Waals surface area contributed by atoms with Gasteiger partial charge < -0.3 is 15.6 Å². The van der Waals surface area contributed by atoms with Gasteiger partial charge in [0.1, 0.15) is 0 Å². The van der Waals surface area contributed by atoms with Crippen LogP contribution >= 0.6 is 0 Å². The zero-order chi connectivity index (χ0) is 20.1. The van der Waals surface area contributed by atoms with Crippen LogP contribution in [-0.2, 0) is 0 Å². The summed E-state index contributed by atoms with van der Waals surface area (Å²) in [4.78, 5) is 6.78. The number of benzene rings is 3. The Morgan fingerprint density at radius 1 is 0.862 bits per heavy atom. The van der Waals surface area contributed by atoms with Crippen molar-refractivity contribution in [3.63, 3.8) is 0 Å². The molecule has 3 aromatic rings. The van der Waals surface area contributed by atoms with E-state index in [2.05, 4.69) is 75.9 Å². The van der Waals surface area contributed by atoms with E-state index in [1.807, 2.05) is 36.4 Å². The topological polar surface area (TPSA) is 51.5 Å². The summed E-state index contributed by atoms with van der Waals surface area (Å²) in [5.41, 5.74) is 4.39. The maximum Gasteiger partial charge on any atom is 0.199 e. The van der Waals surface area contributed by atoms with Gasteiger partial charge in [-0.2, -0.15) is 0 Å². The summed E-state index contributed by atoms with van der Waals surface area (Å²) in [6, 6.07) is 31.2. The smallest absolute Gasteiger partial charge is 0.199 e. The monoisotopic (exact) mass is 380 g/mol. The van der Waals surface area contributed by atoms with E-state index in [0.29, 0.717) is 0 Å². The lowest BCUT2D eigenvalue weighted by Crippen LogP contribution is -2.30. The molecule has 0 spiro atoms. The van der Waals surface area contributed by atoms with Gasteiger partial charge in [-0.1, -0.05) is 91.0 Å². The average molecular weight is 380 g/mol. The van der Waals surface area contributed by atoms with Gasteiger partial charge in [0.2, 0.25) is 0 Å². The quantitative estimate of drug-likeness (QED) is 0.609. The molecule has 0 amide bonds. The highest BCUT2D eigenvalue weighted by Crippen LogP contribution is 2.43. The van der Waals surface area contributed by atoms with Crippen molar-refractivity contribution in [3.8, 4) is 0 Å². The molecule has 1 fully saturated rings. The van der Waals surface area contributed by atoms with Gasteiger partial charge in [0.15, 0.2) is 5.96 Å². The zero-order valence-electron chi connectivity index (χ0n) is 16.4. The van der Waals surface area contributed by atoms with Crippen LogP contribution in [0.2, 0.25) is 0 Å². The van der Waals surface area contributed by atoms with Crippen molar-refractivity contribution in [2.24, 2.45) is 4.99 Å². The van der Waals surface area contributed by atoms with Crippen LogP contribution in [0, 0.1) is 5.41 Å². The zero-order valence-corrected chi connectivity index (χ0v) is 16.4. The summed E-state index contributed by atoms with van der Waals surface area (Å²) >= 11 is 0. The van der Waals surface area contributed by atoms with Crippen LogP contribution in [0.5, 0.6) is 0 Å². The molecule has 144 valence electrons. The number of rotatable bonds is 5. The Balaban J connectivity index is 1.89. The summed E-state index contributed by atoms with van der Waals surface area (Å²) in [6.07, 6.45) is 3.18. The normalized spacial score (nSPS) is 20.5. The van der Waals surface area contributed by atoms with Crippen molar-refractivity contribution in [1.82, 2.24) is 10.2 Å². The summed E-state index contributed by atoms with van der Waals surface area (Å²) in [5.74, 6) is 0.796. The minimum atomic E-state index is 0.00343. The molecular weight excluding hydrogens is 356 g/mol. The predicted molar refractivity (Wildman–Crippen MR) is 120 cm³/mol. The molecule has 1 heterocycles. The fourth-order valence-corrected chi connectivity index (χ4v) is 3.93. The molecule has 4 heteroatoms. The van der Waals surface area contributed by atoms with Crippen LogP contribution in [0.15, 0.2) is 102 Å². The Labute approximate surface area is 171 Å². The standard InChI is InChI=1S/C25H24N4/c1-27-25-28-23(20-13-7-3-8-14-20)24(21-15-9-4-10-16-21)29(25)22(17-18-26)19-11-5-2-6-12-19/h2-18,23-24,26H,1H3,(H,27,28)/b22-17-,26-18?. The largest absolute Gasteiger partial charge is 0.347 e. The number of hydrogen-bond acceptors (Lipinski definition) is 2. The third-order valence-electron chi connectivity index (χ3n) is 5.19. The summed E-state index contributed by atoms with van der Waals surface area (Å²) in [7, 11) is 1.80. The van der Waals surface area contributed by atoms with E-state index < -0.39 is 0 Å². The molecule has 0 bridgehead atoms. The Hall–Kier alpha value is -3.66. The molecule has 4 rings (SSSR count). The lowest BCUT2D eigenvalue weighted by atomic mass is 9.93. The van der Waals surface area contributed by atoms with Crippen molar-refractivity contribution in [3.05, 3.63) is 114 Å². The van der Waals surface area contributed by atoms with Crippen molar-refractivity contribution in [1.29, 1.82) is 5.41 Å². The highest BCUT2D eigenvalue weighted by Gasteiger charge is 2.41. The Bertz CT molecular complexity index is 1010. The van der Waals surface area contributed by atoms with Crippen LogP contribution < -0.4 is 5.32 Å². The molecule has 1 aliphatic rings. The number of hydrogen-bond donors (Lipinski definition) is 2. The van der Waals surface area contributed by atoms with Gasteiger partial charge in [0.25, 0.3) is 0 Å². The van der Waals surface area contributed by atoms with Crippen molar-refractivity contribution >= 4 is 17.9 Å². The highest BCUT2D eigenvalue weighted by molar-refractivity contribution is 5.95. The van der Waals surface area contributed by atoms with E-state index in [9.17, 15) is 0 Å². The number of nitrogens with one attached hydrogen (secondary N) is 2. The molecule has 1 saturated heterocycles. The Morgan fingerprint density at radius 3 is 1.97 bits per heavy atom. The van der Waals surface area contributed by atoms with Gasteiger partial charge >= 0.3 is 0 Å². The molecule has 2 atom stereocenters. The van der Waals surface area contributed by atoms with Crippen LogP contribution in [0.25, 0.3) is 5.70 Å².